The Labute approximate surface area is 162 Å². The molecular formula is C22H31N3O2. The van der Waals surface area contributed by atoms with Crippen LogP contribution in [-0.4, -0.2) is 52.6 Å². The van der Waals surface area contributed by atoms with Crippen LogP contribution in [0.1, 0.15) is 36.7 Å². The summed E-state index contributed by atoms with van der Waals surface area (Å²) in [5.74, 6) is -0.485. The van der Waals surface area contributed by atoms with Gasteiger partial charge < -0.3 is 0 Å². The fraction of sp³-hybridized carbons (Fsp3) is 0.409. The maximum Gasteiger partial charge on any atom is 0.274 e. The van der Waals surface area contributed by atoms with Gasteiger partial charge in [-0.1, -0.05) is 43.0 Å². The number of nitrogens with one attached hydrogen (secondary N) is 1. The molecule has 0 radical (unpaired) electrons. The summed E-state index contributed by atoms with van der Waals surface area (Å²) in [6.45, 7) is 14.3. The fourth-order valence-electron chi connectivity index (χ4n) is 3.61. The lowest BCUT2D eigenvalue weighted by molar-refractivity contribution is 0.0427. The summed E-state index contributed by atoms with van der Waals surface area (Å²) in [5, 5.41) is 8.70. The van der Waals surface area contributed by atoms with Crippen molar-refractivity contribution in [3.63, 3.8) is 0 Å². The van der Waals surface area contributed by atoms with E-state index >= 15 is 0 Å². The van der Waals surface area contributed by atoms with Crippen molar-refractivity contribution in [3.05, 3.63) is 71.8 Å². The molecule has 1 aliphatic heterocycles. The molecule has 1 aliphatic rings. The molecule has 2 rings (SSSR count). The minimum Gasteiger partial charge on any atom is -0.296 e. The standard InChI is InChI=1S/C22H31N3O2/c1-5-7-8-19(6-2)16-25-17(3)13-24(14-18(25)4)15-20-9-11-21(12-10-20)22(26)23-27/h5-12,17-18,27H,2,13-16H2,1,3-4H3,(H,23,26)/b7-5-,19-8+. The normalized spacial score (nSPS) is 22.1. The average molecular weight is 370 g/mol. The van der Waals surface area contributed by atoms with Crippen LogP contribution in [-0.2, 0) is 6.54 Å². The minimum atomic E-state index is -0.485. The predicted molar refractivity (Wildman–Crippen MR) is 110 cm³/mol. The van der Waals surface area contributed by atoms with Gasteiger partial charge in [-0.2, -0.15) is 0 Å². The highest BCUT2D eigenvalue weighted by Crippen LogP contribution is 2.20. The van der Waals surface area contributed by atoms with Crippen molar-refractivity contribution >= 4 is 5.91 Å². The van der Waals surface area contributed by atoms with E-state index in [0.717, 1.165) is 31.7 Å². The Kier molecular flexibility index (Phi) is 7.98. The molecule has 5 nitrogen and oxygen atoms in total. The number of carbonyl (C=O) groups is 1. The van der Waals surface area contributed by atoms with Crippen molar-refractivity contribution in [1.82, 2.24) is 15.3 Å². The van der Waals surface area contributed by atoms with Gasteiger partial charge >= 0.3 is 0 Å². The Balaban J connectivity index is 1.98. The molecule has 0 saturated carbocycles. The van der Waals surface area contributed by atoms with Gasteiger partial charge in [0.1, 0.15) is 0 Å². The summed E-state index contributed by atoms with van der Waals surface area (Å²) in [6, 6.07) is 8.27. The second kappa shape index (κ2) is 10.2. The quantitative estimate of drug-likeness (QED) is 0.439. The van der Waals surface area contributed by atoms with Gasteiger partial charge in [0, 0.05) is 43.8 Å². The molecule has 2 N–H and O–H groups in total. The zero-order valence-electron chi connectivity index (χ0n) is 16.6. The molecule has 0 bridgehead atoms. The molecule has 146 valence electrons. The highest BCUT2D eigenvalue weighted by molar-refractivity contribution is 5.93. The van der Waals surface area contributed by atoms with Crippen molar-refractivity contribution in [2.24, 2.45) is 0 Å². The lowest BCUT2D eigenvalue weighted by Crippen LogP contribution is -2.56. The maximum absolute atomic E-state index is 11.4. The average Bonchev–Trinajstić information content (AvgIpc) is 2.67. The maximum atomic E-state index is 11.4. The van der Waals surface area contributed by atoms with E-state index < -0.39 is 5.91 Å². The lowest BCUT2D eigenvalue weighted by Gasteiger charge is -2.44. The van der Waals surface area contributed by atoms with Crippen LogP contribution in [0, 0.1) is 0 Å². The van der Waals surface area contributed by atoms with E-state index in [1.165, 1.54) is 5.57 Å². The number of hydroxylamine groups is 1. The zero-order chi connectivity index (χ0) is 19.8. The SMILES string of the molecule is C=C/C(=C\C=C/C)CN1C(C)CN(Cc2ccc(C(=O)NO)cc2)CC1C. The Morgan fingerprint density at radius 2 is 1.89 bits per heavy atom. The number of piperazine rings is 1. The van der Waals surface area contributed by atoms with Gasteiger partial charge in [-0.3, -0.25) is 19.8 Å². The third-order valence-corrected chi connectivity index (χ3v) is 5.03. The number of allylic oxidation sites excluding steroid dienone is 3. The molecule has 0 aromatic heterocycles. The largest absolute Gasteiger partial charge is 0.296 e. The topological polar surface area (TPSA) is 55.8 Å². The number of rotatable bonds is 7. The predicted octanol–water partition coefficient (Wildman–Crippen LogP) is 3.39. The van der Waals surface area contributed by atoms with E-state index in [9.17, 15) is 4.79 Å². The van der Waals surface area contributed by atoms with Crippen LogP contribution in [0.25, 0.3) is 0 Å². The van der Waals surface area contributed by atoms with E-state index in [1.807, 2.05) is 31.2 Å². The first-order valence-electron chi connectivity index (χ1n) is 9.44. The summed E-state index contributed by atoms with van der Waals surface area (Å²) in [5.41, 5.74) is 4.52. The number of hydrogen-bond acceptors (Lipinski definition) is 4. The van der Waals surface area contributed by atoms with Crippen LogP contribution in [0.4, 0.5) is 0 Å². The number of amides is 1. The number of benzene rings is 1. The van der Waals surface area contributed by atoms with Gasteiger partial charge in [0.25, 0.3) is 5.91 Å². The Bertz CT molecular complexity index is 682. The number of nitrogens with zero attached hydrogens (tertiary/aromatic N) is 2. The van der Waals surface area contributed by atoms with Gasteiger partial charge in [0.15, 0.2) is 0 Å². The van der Waals surface area contributed by atoms with E-state index in [4.69, 9.17) is 5.21 Å². The van der Waals surface area contributed by atoms with Crippen LogP contribution in [0.15, 0.2) is 60.7 Å². The highest BCUT2D eigenvalue weighted by Gasteiger charge is 2.29. The molecular weight excluding hydrogens is 338 g/mol. The molecule has 0 spiro atoms. The molecule has 5 heteroatoms. The summed E-state index contributed by atoms with van der Waals surface area (Å²) in [6.07, 6.45) is 8.16. The fourth-order valence-corrected chi connectivity index (χ4v) is 3.61. The molecule has 0 aliphatic carbocycles. The molecule has 2 atom stereocenters. The third kappa shape index (κ3) is 5.89. The van der Waals surface area contributed by atoms with Crippen molar-refractivity contribution in [3.8, 4) is 0 Å². The number of carbonyl (C=O) groups excluding carboxylic acids is 1. The van der Waals surface area contributed by atoms with E-state index in [1.54, 1.807) is 17.6 Å². The first kappa shape index (κ1) is 21.1. The van der Waals surface area contributed by atoms with Crippen LogP contribution in [0.5, 0.6) is 0 Å². The molecule has 27 heavy (non-hydrogen) atoms. The molecule has 1 fully saturated rings. The van der Waals surface area contributed by atoms with Gasteiger partial charge in [0.05, 0.1) is 0 Å². The Morgan fingerprint density at radius 1 is 1.26 bits per heavy atom. The zero-order valence-corrected chi connectivity index (χ0v) is 16.6. The minimum absolute atomic E-state index is 0.446. The summed E-state index contributed by atoms with van der Waals surface area (Å²) >= 11 is 0. The van der Waals surface area contributed by atoms with Crippen LogP contribution in [0.3, 0.4) is 0 Å². The summed E-state index contributed by atoms with van der Waals surface area (Å²) < 4.78 is 0. The third-order valence-electron chi connectivity index (χ3n) is 5.03. The smallest absolute Gasteiger partial charge is 0.274 e. The van der Waals surface area contributed by atoms with Gasteiger partial charge in [-0.05, 0) is 44.0 Å². The first-order chi connectivity index (χ1) is 13.0. The Hall–Kier alpha value is -2.21. The molecule has 1 aromatic carbocycles. The molecule has 1 heterocycles. The van der Waals surface area contributed by atoms with Crippen molar-refractivity contribution in [2.45, 2.75) is 39.4 Å². The highest BCUT2D eigenvalue weighted by atomic mass is 16.5. The first-order valence-corrected chi connectivity index (χ1v) is 9.44. The second-order valence-electron chi connectivity index (χ2n) is 7.17. The van der Waals surface area contributed by atoms with Gasteiger partial charge in [-0.15, -0.1) is 0 Å². The van der Waals surface area contributed by atoms with Gasteiger partial charge in [-0.25, -0.2) is 5.48 Å². The molecule has 1 saturated heterocycles. The molecule has 2 unspecified atom stereocenters. The van der Waals surface area contributed by atoms with Crippen molar-refractivity contribution in [2.75, 3.05) is 19.6 Å². The summed E-state index contributed by atoms with van der Waals surface area (Å²) in [4.78, 5) is 16.4. The van der Waals surface area contributed by atoms with E-state index in [0.29, 0.717) is 17.6 Å². The van der Waals surface area contributed by atoms with Crippen LogP contribution < -0.4 is 5.48 Å². The van der Waals surface area contributed by atoms with E-state index in [-0.39, 0.29) is 0 Å². The lowest BCUT2D eigenvalue weighted by atomic mass is 10.0. The van der Waals surface area contributed by atoms with Crippen LogP contribution >= 0.6 is 0 Å². The van der Waals surface area contributed by atoms with Gasteiger partial charge in [0.2, 0.25) is 0 Å². The number of hydrogen-bond donors (Lipinski definition) is 2. The van der Waals surface area contributed by atoms with Crippen LogP contribution in [0.2, 0.25) is 0 Å². The van der Waals surface area contributed by atoms with Crippen molar-refractivity contribution in [1.29, 1.82) is 0 Å². The molecule has 1 amide bonds. The second-order valence-corrected chi connectivity index (χ2v) is 7.17. The summed E-state index contributed by atoms with van der Waals surface area (Å²) in [7, 11) is 0. The molecule has 1 aromatic rings. The monoisotopic (exact) mass is 369 g/mol. The Morgan fingerprint density at radius 3 is 2.41 bits per heavy atom. The van der Waals surface area contributed by atoms with Crippen molar-refractivity contribution < 1.29 is 10.0 Å². The van der Waals surface area contributed by atoms with E-state index in [2.05, 4.69) is 42.4 Å².